The first-order valence-electron chi connectivity index (χ1n) is 14.9. The number of nitrogens with one attached hydrogen (secondary N) is 1. The quantitative estimate of drug-likeness (QED) is 0.104. The molecule has 13 heteroatoms. The van der Waals surface area contributed by atoms with Gasteiger partial charge in [-0.2, -0.15) is 4.39 Å². The fourth-order valence-electron chi connectivity index (χ4n) is 6.02. The number of pyridine rings is 1. The highest BCUT2D eigenvalue weighted by atomic mass is 19.1. The molecule has 0 fully saturated rings. The smallest absolute Gasteiger partial charge is 0.357 e. The molecule has 5 N–H and O–H groups in total. The van der Waals surface area contributed by atoms with Crippen LogP contribution >= 0.6 is 0 Å². The zero-order chi connectivity index (χ0) is 34.4. The lowest BCUT2D eigenvalue weighted by Gasteiger charge is -2.29. The number of rotatable bonds is 9. The summed E-state index contributed by atoms with van der Waals surface area (Å²) in [6, 6.07) is 22.4. The number of halogens is 2. The van der Waals surface area contributed by atoms with Gasteiger partial charge in [0.05, 0.1) is 6.20 Å². The molecule has 49 heavy (non-hydrogen) atoms. The van der Waals surface area contributed by atoms with Crippen molar-refractivity contribution in [3.05, 3.63) is 125 Å². The Balaban J connectivity index is 1.29. The van der Waals surface area contributed by atoms with Crippen LogP contribution in [0.15, 0.2) is 96.1 Å². The topological polar surface area (TPSA) is 164 Å². The maximum atomic E-state index is 15.8. The summed E-state index contributed by atoms with van der Waals surface area (Å²) in [5.41, 5.74) is 6.51. The Hall–Kier alpha value is -6.34. The summed E-state index contributed by atoms with van der Waals surface area (Å²) in [4.78, 5) is 23.2. The zero-order valence-corrected chi connectivity index (χ0v) is 25.7. The van der Waals surface area contributed by atoms with Crippen molar-refractivity contribution < 1.29 is 38.0 Å². The number of nitrogens with two attached hydrogens (primary N) is 1. The SMILES string of the molecule is CN1CC=NC1c1cc(OC2(C(=O)O)c3ccccc3-c3ccccc32)ccc1Oc1c(F)cnc(Oc2cc(C(=N)N)ccc2O)c1F. The number of nitrogen functional groups attached to an aromatic ring is 1. The third-order valence-corrected chi connectivity index (χ3v) is 8.36. The van der Waals surface area contributed by atoms with Crippen LogP contribution in [0, 0.1) is 17.0 Å². The molecule has 0 amide bonds. The Morgan fingerprint density at radius 3 is 2.31 bits per heavy atom. The van der Waals surface area contributed by atoms with Gasteiger partial charge in [-0.1, -0.05) is 48.5 Å². The molecule has 0 bridgehead atoms. The number of hydrogen-bond donors (Lipinski definition) is 4. The fraction of sp³-hybridized carbons (Fsp3) is 0.111. The Morgan fingerprint density at radius 2 is 1.67 bits per heavy atom. The van der Waals surface area contributed by atoms with Crippen molar-refractivity contribution in [1.82, 2.24) is 9.88 Å². The van der Waals surface area contributed by atoms with Crippen molar-refractivity contribution in [2.45, 2.75) is 11.8 Å². The molecule has 1 aliphatic heterocycles. The summed E-state index contributed by atoms with van der Waals surface area (Å²) >= 11 is 0. The number of aliphatic imine (C=N–C) groups is 1. The van der Waals surface area contributed by atoms with Gasteiger partial charge in [-0.05, 0) is 54.6 Å². The number of carbonyl (C=O) groups is 1. The summed E-state index contributed by atoms with van der Waals surface area (Å²) in [5, 5.41) is 28.6. The largest absolute Gasteiger partial charge is 0.504 e. The van der Waals surface area contributed by atoms with Crippen LogP contribution in [0.3, 0.4) is 0 Å². The second-order valence-electron chi connectivity index (χ2n) is 11.4. The highest BCUT2D eigenvalue weighted by molar-refractivity contribution is 5.96. The molecule has 1 aliphatic carbocycles. The van der Waals surface area contributed by atoms with Crippen LogP contribution in [0.1, 0.15) is 28.4 Å². The van der Waals surface area contributed by atoms with E-state index in [-0.39, 0.29) is 28.6 Å². The Morgan fingerprint density at radius 1 is 0.980 bits per heavy atom. The van der Waals surface area contributed by atoms with Gasteiger partial charge in [-0.25, -0.2) is 14.2 Å². The monoisotopic (exact) mass is 663 g/mol. The van der Waals surface area contributed by atoms with E-state index in [0.717, 1.165) is 11.1 Å². The predicted molar refractivity (Wildman–Crippen MR) is 175 cm³/mol. The third-order valence-electron chi connectivity index (χ3n) is 8.36. The van der Waals surface area contributed by atoms with E-state index >= 15 is 8.78 Å². The summed E-state index contributed by atoms with van der Waals surface area (Å²) in [7, 11) is 1.79. The molecular weight excluding hydrogens is 636 g/mol. The number of hydrogen-bond acceptors (Lipinski definition) is 9. The van der Waals surface area contributed by atoms with Crippen molar-refractivity contribution in [3.63, 3.8) is 0 Å². The first-order valence-corrected chi connectivity index (χ1v) is 14.9. The number of phenols is 1. The molecule has 1 atom stereocenters. The molecule has 1 aromatic heterocycles. The minimum Gasteiger partial charge on any atom is -0.504 e. The number of aliphatic carboxylic acids is 1. The lowest BCUT2D eigenvalue weighted by molar-refractivity contribution is -0.152. The number of nitrogens with zero attached hydrogens (tertiary/aromatic N) is 3. The number of ether oxygens (including phenoxy) is 3. The minimum absolute atomic E-state index is 0.00350. The van der Waals surface area contributed by atoms with Crippen molar-refractivity contribution in [2.24, 2.45) is 10.7 Å². The summed E-state index contributed by atoms with van der Waals surface area (Å²) in [6.45, 7) is 0.466. The molecule has 2 heterocycles. The van der Waals surface area contributed by atoms with E-state index in [1.165, 1.54) is 36.4 Å². The second-order valence-corrected chi connectivity index (χ2v) is 11.4. The van der Waals surface area contributed by atoms with Gasteiger partial charge in [0.1, 0.15) is 23.5 Å². The average Bonchev–Trinajstić information content (AvgIpc) is 3.65. The van der Waals surface area contributed by atoms with E-state index < -0.39 is 46.7 Å². The maximum Gasteiger partial charge on any atom is 0.357 e. The Kier molecular flexibility index (Phi) is 7.68. The number of carboxylic acid groups (broad SMARTS) is 1. The van der Waals surface area contributed by atoms with Crippen LogP contribution in [-0.4, -0.2) is 51.7 Å². The lowest BCUT2D eigenvalue weighted by Crippen LogP contribution is -2.41. The number of aromatic nitrogens is 1. The molecule has 11 nitrogen and oxygen atoms in total. The Labute approximate surface area is 278 Å². The van der Waals surface area contributed by atoms with E-state index in [2.05, 4.69) is 9.98 Å². The van der Waals surface area contributed by atoms with Crippen molar-refractivity contribution in [3.8, 4) is 45.8 Å². The van der Waals surface area contributed by atoms with E-state index in [4.69, 9.17) is 25.4 Å². The molecule has 5 aromatic rings. The maximum absolute atomic E-state index is 15.8. The van der Waals surface area contributed by atoms with Crippen molar-refractivity contribution >= 4 is 18.0 Å². The summed E-state index contributed by atoms with van der Waals surface area (Å²) < 4.78 is 48.7. The molecule has 1 unspecified atom stereocenters. The van der Waals surface area contributed by atoms with Crippen molar-refractivity contribution in [2.75, 3.05) is 13.6 Å². The lowest BCUT2D eigenvalue weighted by atomic mass is 9.91. The molecular formula is C36H27F2N5O6. The van der Waals surface area contributed by atoms with Crippen LogP contribution in [0.2, 0.25) is 0 Å². The number of fused-ring (bicyclic) bond motifs is 3. The molecule has 0 spiro atoms. The third kappa shape index (κ3) is 5.26. The van der Waals surface area contributed by atoms with Crippen LogP contribution < -0.4 is 19.9 Å². The van der Waals surface area contributed by atoms with E-state index in [1.807, 2.05) is 29.2 Å². The number of carboxylic acids is 1. The van der Waals surface area contributed by atoms with Crippen LogP contribution in [0.4, 0.5) is 8.78 Å². The van der Waals surface area contributed by atoms with Gasteiger partial charge >= 0.3 is 5.97 Å². The standard InChI is InChI=1S/C36H27F2N5O6/c1-43-15-14-41-33(43)23-17-20(49-36(35(45)46)24-8-4-2-6-21(24)22-7-3-5-9-25(22)36)11-13-28(23)47-31-26(37)18-42-34(30(31)38)48-29-16-19(32(39)40)10-12-27(29)44/h2-14,16-18,33,44H,15H2,1H3,(H3,39,40)(H,45,46). The number of amidine groups is 1. The van der Waals surface area contributed by atoms with Crippen molar-refractivity contribution in [1.29, 1.82) is 5.41 Å². The van der Waals surface area contributed by atoms with Crippen LogP contribution in [-0.2, 0) is 10.4 Å². The normalized spacial score (nSPS) is 15.8. The van der Waals surface area contributed by atoms with Gasteiger partial charge in [0, 0.05) is 35.0 Å². The summed E-state index contributed by atoms with van der Waals surface area (Å²) in [6.07, 6.45) is 1.70. The molecule has 0 radical (unpaired) electrons. The molecule has 0 saturated heterocycles. The fourth-order valence-corrected chi connectivity index (χ4v) is 6.02. The van der Waals surface area contributed by atoms with E-state index in [9.17, 15) is 15.0 Å². The first-order chi connectivity index (χ1) is 23.6. The average molecular weight is 664 g/mol. The van der Waals surface area contributed by atoms with Gasteiger partial charge in [0.2, 0.25) is 11.6 Å². The van der Waals surface area contributed by atoms with Gasteiger partial charge < -0.3 is 30.2 Å². The van der Waals surface area contributed by atoms with Gasteiger partial charge in [-0.15, -0.1) is 0 Å². The molecule has 0 saturated carbocycles. The Bertz CT molecular complexity index is 2150. The second kappa shape index (κ2) is 12.0. The first kappa shape index (κ1) is 31.3. The van der Waals surface area contributed by atoms with Gasteiger partial charge in [0.15, 0.2) is 17.3 Å². The van der Waals surface area contributed by atoms with E-state index in [0.29, 0.717) is 29.4 Å². The van der Waals surface area contributed by atoms with Crippen LogP contribution in [0.5, 0.6) is 34.6 Å². The van der Waals surface area contributed by atoms with Gasteiger partial charge in [-0.3, -0.25) is 15.3 Å². The molecule has 7 rings (SSSR count). The molecule has 2 aliphatic rings. The van der Waals surface area contributed by atoms with E-state index in [1.54, 1.807) is 37.5 Å². The predicted octanol–water partition coefficient (Wildman–Crippen LogP) is 6.34. The highest BCUT2D eigenvalue weighted by Crippen LogP contribution is 2.51. The summed E-state index contributed by atoms with van der Waals surface area (Å²) in [5.74, 6) is -6.11. The molecule has 4 aromatic carbocycles. The van der Waals surface area contributed by atoms with Gasteiger partial charge in [0.25, 0.3) is 11.5 Å². The minimum atomic E-state index is -1.89. The number of phenolic OH excluding ortho intramolecular Hbond substituents is 1. The highest BCUT2D eigenvalue weighted by Gasteiger charge is 2.52. The zero-order valence-electron chi connectivity index (χ0n) is 25.7. The number of aromatic hydroxyl groups is 1. The number of benzene rings is 4. The van der Waals surface area contributed by atoms with Crippen LogP contribution in [0.25, 0.3) is 11.1 Å². The molecule has 246 valence electrons.